The number of likely N-dealkylation sites (N-methyl/N-ethyl adjacent to an activating group) is 1. The highest BCUT2D eigenvalue weighted by Crippen LogP contribution is 2.17. The van der Waals surface area contributed by atoms with Gasteiger partial charge in [0.1, 0.15) is 0 Å². The maximum Gasteiger partial charge on any atom is 0.0606 e. The highest BCUT2D eigenvalue weighted by atomic mass is 16.3. The van der Waals surface area contributed by atoms with E-state index >= 15 is 0 Å². The summed E-state index contributed by atoms with van der Waals surface area (Å²) in [6.45, 7) is 9.40. The van der Waals surface area contributed by atoms with Gasteiger partial charge in [-0.2, -0.15) is 0 Å². The van der Waals surface area contributed by atoms with Crippen LogP contribution in [0.15, 0.2) is 24.3 Å². The van der Waals surface area contributed by atoms with Gasteiger partial charge in [0, 0.05) is 31.0 Å². The molecule has 0 aliphatic heterocycles. The van der Waals surface area contributed by atoms with Gasteiger partial charge in [-0.25, -0.2) is 0 Å². The Morgan fingerprint density at radius 3 is 2.39 bits per heavy atom. The van der Waals surface area contributed by atoms with Crippen molar-refractivity contribution in [3.05, 3.63) is 24.3 Å². The smallest absolute Gasteiger partial charge is 0.0606 e. The van der Waals surface area contributed by atoms with Gasteiger partial charge in [-0.15, -0.1) is 0 Å². The lowest BCUT2D eigenvalue weighted by molar-refractivity contribution is 0.302. The van der Waals surface area contributed by atoms with Gasteiger partial charge in [0.15, 0.2) is 0 Å². The number of hydrogen-bond acceptors (Lipinski definition) is 3. The fourth-order valence-corrected chi connectivity index (χ4v) is 1.89. The molecule has 0 aromatic heterocycles. The molecule has 102 valence electrons. The molecule has 0 aliphatic carbocycles. The predicted octanol–water partition coefficient (Wildman–Crippen LogP) is 2.96. The van der Waals surface area contributed by atoms with Crippen LogP contribution in [0.5, 0.6) is 0 Å². The highest BCUT2D eigenvalue weighted by molar-refractivity contribution is 5.55. The van der Waals surface area contributed by atoms with Crippen molar-refractivity contribution in [2.45, 2.75) is 27.2 Å². The minimum Gasteiger partial charge on any atom is -0.395 e. The van der Waals surface area contributed by atoms with Crippen molar-refractivity contribution in [1.82, 2.24) is 0 Å². The summed E-state index contributed by atoms with van der Waals surface area (Å²) >= 11 is 0. The van der Waals surface area contributed by atoms with Crippen molar-refractivity contribution in [3.63, 3.8) is 0 Å². The molecule has 0 saturated heterocycles. The minimum absolute atomic E-state index is 0.197. The Morgan fingerprint density at radius 1 is 1.22 bits per heavy atom. The van der Waals surface area contributed by atoms with Crippen LogP contribution < -0.4 is 10.2 Å². The Hall–Kier alpha value is -1.22. The number of rotatable bonds is 8. The summed E-state index contributed by atoms with van der Waals surface area (Å²) in [5.74, 6) is 0.733. The molecule has 0 saturated carbocycles. The Kier molecular flexibility index (Phi) is 6.58. The van der Waals surface area contributed by atoms with E-state index < -0.39 is 0 Å². The van der Waals surface area contributed by atoms with Crippen LogP contribution >= 0.6 is 0 Å². The largest absolute Gasteiger partial charge is 0.395 e. The second-order valence-corrected chi connectivity index (χ2v) is 4.96. The van der Waals surface area contributed by atoms with Crippen LogP contribution in [0, 0.1) is 5.92 Å². The van der Waals surface area contributed by atoms with Crippen molar-refractivity contribution in [1.29, 1.82) is 0 Å². The van der Waals surface area contributed by atoms with Crippen molar-refractivity contribution < 1.29 is 5.11 Å². The van der Waals surface area contributed by atoms with E-state index in [2.05, 4.69) is 55.3 Å². The van der Waals surface area contributed by atoms with Crippen LogP contribution in [-0.4, -0.2) is 31.3 Å². The van der Waals surface area contributed by atoms with Crippen LogP contribution in [0.3, 0.4) is 0 Å². The Balaban J connectivity index is 2.50. The summed E-state index contributed by atoms with van der Waals surface area (Å²) in [6, 6.07) is 8.43. The first-order valence-electron chi connectivity index (χ1n) is 6.87. The molecule has 0 heterocycles. The Bertz CT molecular complexity index is 322. The quantitative estimate of drug-likeness (QED) is 0.744. The fourth-order valence-electron chi connectivity index (χ4n) is 1.89. The van der Waals surface area contributed by atoms with Crippen LogP contribution in [0.2, 0.25) is 0 Å². The topological polar surface area (TPSA) is 35.5 Å². The molecule has 2 N–H and O–H groups in total. The molecule has 0 fully saturated rings. The molecule has 0 aliphatic rings. The van der Waals surface area contributed by atoms with Gasteiger partial charge in [0.05, 0.1) is 6.61 Å². The van der Waals surface area contributed by atoms with Gasteiger partial charge in [0.2, 0.25) is 0 Å². The SMILES string of the molecule is CCN(CCO)c1ccc(NCCC(C)C)cc1. The maximum atomic E-state index is 9.00. The normalized spacial score (nSPS) is 10.7. The van der Waals surface area contributed by atoms with E-state index in [4.69, 9.17) is 5.11 Å². The zero-order chi connectivity index (χ0) is 13.4. The fraction of sp³-hybridized carbons (Fsp3) is 0.600. The third-order valence-electron chi connectivity index (χ3n) is 3.03. The molecular formula is C15H26N2O. The van der Waals surface area contributed by atoms with Crippen LogP contribution in [0.1, 0.15) is 27.2 Å². The average Bonchev–Trinajstić information content (AvgIpc) is 2.36. The number of aliphatic hydroxyl groups excluding tert-OH is 1. The lowest BCUT2D eigenvalue weighted by atomic mass is 10.1. The molecular weight excluding hydrogens is 224 g/mol. The van der Waals surface area contributed by atoms with E-state index in [9.17, 15) is 0 Å². The van der Waals surface area contributed by atoms with Crippen molar-refractivity contribution >= 4 is 11.4 Å². The molecule has 0 amide bonds. The first-order valence-corrected chi connectivity index (χ1v) is 6.87. The van der Waals surface area contributed by atoms with Gasteiger partial charge in [0.25, 0.3) is 0 Å². The third kappa shape index (κ3) is 4.96. The average molecular weight is 250 g/mol. The molecule has 0 unspecified atom stereocenters. The lowest BCUT2D eigenvalue weighted by Crippen LogP contribution is -2.25. The second kappa shape index (κ2) is 7.98. The molecule has 3 heteroatoms. The van der Waals surface area contributed by atoms with E-state index in [-0.39, 0.29) is 6.61 Å². The van der Waals surface area contributed by atoms with E-state index in [1.54, 1.807) is 0 Å². The first kappa shape index (κ1) is 14.8. The lowest BCUT2D eigenvalue weighted by Gasteiger charge is -2.22. The summed E-state index contributed by atoms with van der Waals surface area (Å²) in [5.41, 5.74) is 2.33. The van der Waals surface area contributed by atoms with Crippen LogP contribution in [-0.2, 0) is 0 Å². The van der Waals surface area contributed by atoms with E-state index in [0.29, 0.717) is 6.54 Å². The zero-order valence-electron chi connectivity index (χ0n) is 11.8. The van der Waals surface area contributed by atoms with Gasteiger partial charge in [-0.05, 0) is 43.5 Å². The van der Waals surface area contributed by atoms with Crippen LogP contribution in [0.25, 0.3) is 0 Å². The zero-order valence-corrected chi connectivity index (χ0v) is 11.8. The van der Waals surface area contributed by atoms with E-state index in [1.807, 2.05) is 0 Å². The summed E-state index contributed by atoms with van der Waals surface area (Å²) in [6.07, 6.45) is 1.19. The molecule has 0 spiro atoms. The van der Waals surface area contributed by atoms with Gasteiger partial charge >= 0.3 is 0 Å². The van der Waals surface area contributed by atoms with Crippen molar-refractivity contribution in [2.75, 3.05) is 36.5 Å². The minimum atomic E-state index is 0.197. The summed E-state index contributed by atoms with van der Waals surface area (Å²) in [7, 11) is 0. The predicted molar refractivity (Wildman–Crippen MR) is 79.4 cm³/mol. The second-order valence-electron chi connectivity index (χ2n) is 4.96. The first-order chi connectivity index (χ1) is 8.67. The molecule has 0 bridgehead atoms. The number of hydrogen-bond donors (Lipinski definition) is 2. The summed E-state index contributed by atoms with van der Waals surface area (Å²) in [5, 5.41) is 12.4. The summed E-state index contributed by atoms with van der Waals surface area (Å²) in [4.78, 5) is 2.16. The summed E-state index contributed by atoms with van der Waals surface area (Å²) < 4.78 is 0. The number of benzene rings is 1. The molecule has 1 rings (SSSR count). The Labute approximate surface area is 111 Å². The van der Waals surface area contributed by atoms with Gasteiger partial charge in [-0.1, -0.05) is 13.8 Å². The number of nitrogens with one attached hydrogen (secondary N) is 1. The van der Waals surface area contributed by atoms with Crippen molar-refractivity contribution in [3.8, 4) is 0 Å². The van der Waals surface area contributed by atoms with E-state index in [1.165, 1.54) is 17.8 Å². The molecule has 3 nitrogen and oxygen atoms in total. The van der Waals surface area contributed by atoms with Crippen molar-refractivity contribution in [2.24, 2.45) is 5.92 Å². The molecule has 18 heavy (non-hydrogen) atoms. The van der Waals surface area contributed by atoms with E-state index in [0.717, 1.165) is 19.0 Å². The molecule has 0 radical (unpaired) electrons. The standard InChI is InChI=1S/C15H26N2O/c1-4-17(11-12-18)15-7-5-14(6-8-15)16-10-9-13(2)3/h5-8,13,16,18H,4,9-12H2,1-3H3. The molecule has 0 atom stereocenters. The number of nitrogens with zero attached hydrogens (tertiary/aromatic N) is 1. The van der Waals surface area contributed by atoms with Gasteiger partial charge in [-0.3, -0.25) is 0 Å². The van der Waals surface area contributed by atoms with Gasteiger partial charge < -0.3 is 15.3 Å². The maximum absolute atomic E-state index is 9.00. The molecule has 1 aromatic carbocycles. The monoisotopic (exact) mass is 250 g/mol. The Morgan fingerprint density at radius 2 is 1.89 bits per heavy atom. The molecule has 1 aromatic rings. The highest BCUT2D eigenvalue weighted by Gasteiger charge is 2.03. The third-order valence-corrected chi connectivity index (χ3v) is 3.03. The number of anilines is 2. The van der Waals surface area contributed by atoms with Crippen LogP contribution in [0.4, 0.5) is 11.4 Å². The number of aliphatic hydroxyl groups is 1.